The quantitative estimate of drug-likeness (QED) is 0.792. The number of hydrogen-bond acceptors (Lipinski definition) is 2. The SMILES string of the molecule is CCn1c(CCl)nnc1-c1ccc(F)c(F)c1. The molecular formula is C11H10ClF2N3. The molecule has 0 aliphatic rings. The molecule has 0 bridgehead atoms. The molecule has 0 atom stereocenters. The molecule has 2 rings (SSSR count). The first kappa shape index (κ1) is 12.0. The van der Waals surface area contributed by atoms with Crippen molar-refractivity contribution < 1.29 is 8.78 Å². The first-order chi connectivity index (χ1) is 8.17. The van der Waals surface area contributed by atoms with E-state index in [2.05, 4.69) is 10.2 Å². The lowest BCUT2D eigenvalue weighted by Crippen LogP contribution is -2.02. The first-order valence-electron chi connectivity index (χ1n) is 5.10. The molecule has 0 unspecified atom stereocenters. The molecule has 6 heteroatoms. The minimum Gasteiger partial charge on any atom is -0.310 e. The number of halogens is 3. The Morgan fingerprint density at radius 3 is 2.59 bits per heavy atom. The maximum absolute atomic E-state index is 13.1. The van der Waals surface area contributed by atoms with E-state index in [-0.39, 0.29) is 5.88 Å². The summed E-state index contributed by atoms with van der Waals surface area (Å²) in [5, 5.41) is 7.84. The molecule has 0 aliphatic carbocycles. The molecule has 0 aliphatic heterocycles. The van der Waals surface area contributed by atoms with Crippen molar-refractivity contribution in [2.75, 3.05) is 0 Å². The van der Waals surface area contributed by atoms with E-state index in [9.17, 15) is 8.78 Å². The summed E-state index contributed by atoms with van der Waals surface area (Å²) in [7, 11) is 0. The summed E-state index contributed by atoms with van der Waals surface area (Å²) in [5.74, 6) is -0.463. The molecule has 0 radical (unpaired) electrons. The first-order valence-corrected chi connectivity index (χ1v) is 5.64. The highest BCUT2D eigenvalue weighted by Gasteiger charge is 2.13. The Balaban J connectivity index is 2.52. The van der Waals surface area contributed by atoms with Gasteiger partial charge in [0.2, 0.25) is 0 Å². The molecule has 1 heterocycles. The van der Waals surface area contributed by atoms with Crippen LogP contribution >= 0.6 is 11.6 Å². The summed E-state index contributed by atoms with van der Waals surface area (Å²) in [4.78, 5) is 0. The smallest absolute Gasteiger partial charge is 0.164 e. The van der Waals surface area contributed by atoms with Crippen molar-refractivity contribution in [1.82, 2.24) is 14.8 Å². The highest BCUT2D eigenvalue weighted by atomic mass is 35.5. The Bertz CT molecular complexity index is 540. The molecule has 3 nitrogen and oxygen atoms in total. The van der Waals surface area contributed by atoms with Crippen LogP contribution in [-0.4, -0.2) is 14.8 Å². The minimum atomic E-state index is -0.902. The average Bonchev–Trinajstić information content (AvgIpc) is 2.75. The van der Waals surface area contributed by atoms with Gasteiger partial charge in [-0.1, -0.05) is 0 Å². The van der Waals surface area contributed by atoms with Crippen LogP contribution in [0, 0.1) is 11.6 Å². The van der Waals surface area contributed by atoms with Crippen molar-refractivity contribution in [3.8, 4) is 11.4 Å². The van der Waals surface area contributed by atoms with Crippen molar-refractivity contribution in [3.05, 3.63) is 35.7 Å². The zero-order valence-corrected chi connectivity index (χ0v) is 9.88. The number of rotatable bonds is 3. The van der Waals surface area contributed by atoms with Gasteiger partial charge in [0.15, 0.2) is 17.5 Å². The van der Waals surface area contributed by atoms with Crippen LogP contribution in [0.3, 0.4) is 0 Å². The Hall–Kier alpha value is -1.49. The van der Waals surface area contributed by atoms with Gasteiger partial charge in [-0.05, 0) is 25.1 Å². The van der Waals surface area contributed by atoms with E-state index in [0.29, 0.717) is 23.8 Å². The van der Waals surface area contributed by atoms with Crippen LogP contribution in [0.1, 0.15) is 12.7 Å². The lowest BCUT2D eigenvalue weighted by Gasteiger charge is -2.06. The molecule has 2 aromatic rings. The molecule has 17 heavy (non-hydrogen) atoms. The maximum Gasteiger partial charge on any atom is 0.164 e. The van der Waals surface area contributed by atoms with Crippen molar-refractivity contribution in [2.24, 2.45) is 0 Å². The molecule has 0 spiro atoms. The maximum atomic E-state index is 13.1. The van der Waals surface area contributed by atoms with Crippen LogP contribution in [0.25, 0.3) is 11.4 Å². The summed E-state index contributed by atoms with van der Waals surface area (Å²) in [6.45, 7) is 2.52. The third-order valence-corrected chi connectivity index (χ3v) is 2.68. The minimum absolute atomic E-state index is 0.227. The number of nitrogens with zero attached hydrogens (tertiary/aromatic N) is 3. The van der Waals surface area contributed by atoms with Gasteiger partial charge in [-0.15, -0.1) is 21.8 Å². The fourth-order valence-electron chi connectivity index (χ4n) is 1.62. The third-order valence-electron chi connectivity index (χ3n) is 2.44. The van der Waals surface area contributed by atoms with Crippen molar-refractivity contribution in [3.63, 3.8) is 0 Å². The van der Waals surface area contributed by atoms with Gasteiger partial charge >= 0.3 is 0 Å². The topological polar surface area (TPSA) is 30.7 Å². The van der Waals surface area contributed by atoms with Crippen molar-refractivity contribution >= 4 is 11.6 Å². The Morgan fingerprint density at radius 2 is 2.00 bits per heavy atom. The molecule has 1 aromatic heterocycles. The summed E-state index contributed by atoms with van der Waals surface area (Å²) in [6.07, 6.45) is 0. The highest BCUT2D eigenvalue weighted by molar-refractivity contribution is 6.16. The predicted octanol–water partition coefficient (Wildman–Crippen LogP) is 2.98. The normalized spacial score (nSPS) is 10.8. The van der Waals surface area contributed by atoms with Crippen LogP contribution in [-0.2, 0) is 12.4 Å². The summed E-state index contributed by atoms with van der Waals surface area (Å²) < 4.78 is 27.7. The van der Waals surface area contributed by atoms with E-state index in [4.69, 9.17) is 11.6 Å². The Morgan fingerprint density at radius 1 is 1.24 bits per heavy atom. The van der Waals surface area contributed by atoms with E-state index in [1.807, 2.05) is 6.92 Å². The van der Waals surface area contributed by atoms with Gasteiger partial charge in [-0.3, -0.25) is 0 Å². The van der Waals surface area contributed by atoms with E-state index in [1.54, 1.807) is 4.57 Å². The number of hydrogen-bond donors (Lipinski definition) is 0. The molecule has 0 N–H and O–H groups in total. The standard InChI is InChI=1S/C11H10ClF2N3/c1-2-17-10(6-12)15-16-11(17)7-3-4-8(13)9(14)5-7/h3-5H,2,6H2,1H3. The van der Waals surface area contributed by atoms with Crippen molar-refractivity contribution in [2.45, 2.75) is 19.3 Å². The van der Waals surface area contributed by atoms with Crippen molar-refractivity contribution in [1.29, 1.82) is 0 Å². The van der Waals surface area contributed by atoms with Gasteiger partial charge in [0.05, 0.1) is 5.88 Å². The number of benzene rings is 1. The van der Waals surface area contributed by atoms with Gasteiger partial charge in [0, 0.05) is 12.1 Å². The fourth-order valence-corrected chi connectivity index (χ4v) is 1.81. The number of aromatic nitrogens is 3. The second kappa shape index (κ2) is 4.79. The van der Waals surface area contributed by atoms with Gasteiger partial charge in [-0.25, -0.2) is 8.78 Å². The monoisotopic (exact) mass is 257 g/mol. The molecule has 1 aromatic carbocycles. The van der Waals surface area contributed by atoms with Gasteiger partial charge in [-0.2, -0.15) is 0 Å². The number of alkyl halides is 1. The largest absolute Gasteiger partial charge is 0.310 e. The lowest BCUT2D eigenvalue weighted by molar-refractivity contribution is 0.509. The third kappa shape index (κ3) is 2.15. The Labute approximate surface area is 102 Å². The van der Waals surface area contributed by atoms with Crippen LogP contribution in [0.2, 0.25) is 0 Å². The predicted molar refractivity (Wildman–Crippen MR) is 60.6 cm³/mol. The Kier molecular flexibility index (Phi) is 3.38. The highest BCUT2D eigenvalue weighted by Crippen LogP contribution is 2.21. The zero-order valence-electron chi connectivity index (χ0n) is 9.12. The molecule has 0 saturated carbocycles. The fraction of sp³-hybridized carbons (Fsp3) is 0.273. The van der Waals surface area contributed by atoms with Crippen LogP contribution < -0.4 is 0 Å². The molecular weight excluding hydrogens is 248 g/mol. The second-order valence-corrected chi connectivity index (χ2v) is 3.71. The van der Waals surface area contributed by atoms with E-state index >= 15 is 0 Å². The van der Waals surface area contributed by atoms with E-state index < -0.39 is 11.6 Å². The summed E-state index contributed by atoms with van der Waals surface area (Å²) >= 11 is 5.71. The van der Waals surface area contributed by atoms with E-state index in [0.717, 1.165) is 12.1 Å². The molecule has 0 amide bonds. The van der Waals surface area contributed by atoms with Gasteiger partial charge < -0.3 is 4.57 Å². The molecule has 0 fully saturated rings. The van der Waals surface area contributed by atoms with Gasteiger partial charge in [0.1, 0.15) is 5.82 Å². The van der Waals surface area contributed by atoms with Crippen LogP contribution in [0.5, 0.6) is 0 Å². The summed E-state index contributed by atoms with van der Waals surface area (Å²) in [6, 6.07) is 3.63. The van der Waals surface area contributed by atoms with Crippen LogP contribution in [0.4, 0.5) is 8.78 Å². The average molecular weight is 258 g/mol. The lowest BCUT2D eigenvalue weighted by atomic mass is 10.2. The van der Waals surface area contributed by atoms with Gasteiger partial charge in [0.25, 0.3) is 0 Å². The summed E-state index contributed by atoms with van der Waals surface area (Å²) in [5.41, 5.74) is 0.481. The second-order valence-electron chi connectivity index (χ2n) is 3.45. The zero-order chi connectivity index (χ0) is 12.4. The molecule has 90 valence electrons. The van der Waals surface area contributed by atoms with E-state index in [1.165, 1.54) is 6.07 Å². The molecule has 0 saturated heterocycles. The van der Waals surface area contributed by atoms with Crippen LogP contribution in [0.15, 0.2) is 18.2 Å².